The number of hydrogen-bond acceptors (Lipinski definition) is 5. The molecule has 1 aromatic heterocycles. The molecule has 0 saturated carbocycles. The molecule has 1 unspecified atom stereocenters. The molecule has 0 aliphatic rings. The van der Waals surface area contributed by atoms with Crippen molar-refractivity contribution in [3.8, 4) is 17.1 Å². The van der Waals surface area contributed by atoms with Gasteiger partial charge in [0.1, 0.15) is 5.75 Å². The van der Waals surface area contributed by atoms with E-state index in [1.54, 1.807) is 7.11 Å². The summed E-state index contributed by atoms with van der Waals surface area (Å²) in [4.78, 5) is 12.5. The molecule has 0 fully saturated rings. The Bertz CT molecular complexity index is 927. The summed E-state index contributed by atoms with van der Waals surface area (Å²) in [6.07, 6.45) is 0. The molecule has 146 valence electrons. The molecular formula is C21H24N4O2S. The summed E-state index contributed by atoms with van der Waals surface area (Å²) in [7, 11) is 1.64. The molecule has 3 aromatic rings. The molecule has 0 saturated heterocycles. The highest BCUT2D eigenvalue weighted by Gasteiger charge is 2.21. The monoisotopic (exact) mass is 396 g/mol. The third kappa shape index (κ3) is 4.54. The lowest BCUT2D eigenvalue weighted by molar-refractivity contribution is -0.120. The van der Waals surface area contributed by atoms with Gasteiger partial charge in [-0.15, -0.1) is 10.2 Å². The Kier molecular flexibility index (Phi) is 6.71. The van der Waals surface area contributed by atoms with Crippen molar-refractivity contribution < 1.29 is 9.53 Å². The van der Waals surface area contributed by atoms with Crippen LogP contribution in [0.2, 0.25) is 0 Å². The van der Waals surface area contributed by atoms with Crippen molar-refractivity contribution in [1.29, 1.82) is 0 Å². The van der Waals surface area contributed by atoms with Gasteiger partial charge < -0.3 is 14.6 Å². The van der Waals surface area contributed by atoms with Crippen LogP contribution in [0.4, 0.5) is 0 Å². The Morgan fingerprint density at radius 1 is 1.14 bits per heavy atom. The predicted octanol–water partition coefficient (Wildman–Crippen LogP) is 3.77. The second-order valence-corrected chi connectivity index (χ2v) is 7.52. The molecule has 0 spiro atoms. The molecule has 0 aliphatic heterocycles. The Morgan fingerprint density at radius 2 is 1.86 bits per heavy atom. The van der Waals surface area contributed by atoms with Crippen molar-refractivity contribution in [2.45, 2.75) is 37.3 Å². The van der Waals surface area contributed by atoms with Crippen molar-refractivity contribution >= 4 is 17.7 Å². The molecule has 7 heteroatoms. The summed E-state index contributed by atoms with van der Waals surface area (Å²) in [5.41, 5.74) is 1.95. The summed E-state index contributed by atoms with van der Waals surface area (Å²) >= 11 is 1.40. The smallest absolute Gasteiger partial charge is 0.233 e. The van der Waals surface area contributed by atoms with E-state index in [4.69, 9.17) is 4.74 Å². The van der Waals surface area contributed by atoms with E-state index < -0.39 is 0 Å². The van der Waals surface area contributed by atoms with Crippen LogP contribution in [0.25, 0.3) is 11.4 Å². The van der Waals surface area contributed by atoms with Gasteiger partial charge in [-0.2, -0.15) is 0 Å². The van der Waals surface area contributed by atoms with E-state index in [1.807, 2.05) is 73.0 Å². The topological polar surface area (TPSA) is 69.0 Å². The first-order valence-electron chi connectivity index (χ1n) is 9.19. The number of rotatable bonds is 8. The zero-order valence-electron chi connectivity index (χ0n) is 16.3. The fourth-order valence-corrected chi connectivity index (χ4v) is 3.77. The largest absolute Gasteiger partial charge is 0.496 e. The molecule has 1 atom stereocenters. The quantitative estimate of drug-likeness (QED) is 0.587. The highest BCUT2D eigenvalue weighted by molar-refractivity contribution is 8.00. The van der Waals surface area contributed by atoms with E-state index in [2.05, 4.69) is 15.5 Å². The van der Waals surface area contributed by atoms with E-state index in [0.29, 0.717) is 18.2 Å². The van der Waals surface area contributed by atoms with Gasteiger partial charge in [0.05, 0.1) is 17.9 Å². The van der Waals surface area contributed by atoms with Gasteiger partial charge in [0, 0.05) is 13.1 Å². The zero-order chi connectivity index (χ0) is 19.9. The average Bonchev–Trinajstić information content (AvgIpc) is 3.14. The third-order valence-corrected chi connectivity index (χ3v) is 5.42. The van der Waals surface area contributed by atoms with Crippen molar-refractivity contribution in [1.82, 2.24) is 20.1 Å². The maximum Gasteiger partial charge on any atom is 0.233 e. The summed E-state index contributed by atoms with van der Waals surface area (Å²) in [5, 5.41) is 12.1. The Balaban J connectivity index is 1.72. The normalized spacial score (nSPS) is 11.8. The average molecular weight is 397 g/mol. The van der Waals surface area contributed by atoms with Crippen LogP contribution in [0.3, 0.4) is 0 Å². The van der Waals surface area contributed by atoms with Crippen LogP contribution < -0.4 is 10.1 Å². The van der Waals surface area contributed by atoms with Crippen LogP contribution in [-0.2, 0) is 17.9 Å². The number of hydrogen-bond donors (Lipinski definition) is 1. The van der Waals surface area contributed by atoms with Crippen LogP contribution in [0.1, 0.15) is 19.4 Å². The molecule has 2 aromatic carbocycles. The lowest BCUT2D eigenvalue weighted by Crippen LogP contribution is -2.30. The van der Waals surface area contributed by atoms with E-state index in [1.165, 1.54) is 11.8 Å². The number of ether oxygens (including phenoxy) is 1. The number of nitrogens with zero attached hydrogens (tertiary/aromatic N) is 3. The Hall–Kier alpha value is -2.80. The Labute approximate surface area is 169 Å². The minimum atomic E-state index is -0.288. The maximum atomic E-state index is 12.5. The van der Waals surface area contributed by atoms with Crippen LogP contribution in [-0.4, -0.2) is 33.0 Å². The van der Waals surface area contributed by atoms with Crippen LogP contribution in [0.15, 0.2) is 59.8 Å². The van der Waals surface area contributed by atoms with Gasteiger partial charge in [0.25, 0.3) is 0 Å². The van der Waals surface area contributed by atoms with Gasteiger partial charge in [-0.05, 0) is 31.5 Å². The summed E-state index contributed by atoms with van der Waals surface area (Å²) in [6, 6.07) is 17.6. The first-order chi connectivity index (χ1) is 13.6. The molecule has 28 heavy (non-hydrogen) atoms. The lowest BCUT2D eigenvalue weighted by atomic mass is 10.2. The van der Waals surface area contributed by atoms with Gasteiger partial charge in [-0.1, -0.05) is 54.2 Å². The molecule has 1 amide bonds. The van der Waals surface area contributed by atoms with E-state index in [9.17, 15) is 4.79 Å². The first kappa shape index (κ1) is 19.9. The van der Waals surface area contributed by atoms with Crippen molar-refractivity contribution in [2.24, 2.45) is 0 Å². The number of carbonyl (C=O) groups excluding carboxylic acids is 1. The zero-order valence-corrected chi connectivity index (χ0v) is 17.1. The number of methoxy groups -OCH3 is 1. The number of para-hydroxylation sites is 1. The number of nitrogens with one attached hydrogen (secondary N) is 1. The van der Waals surface area contributed by atoms with Gasteiger partial charge >= 0.3 is 0 Å². The molecule has 3 rings (SSSR count). The molecule has 1 N–H and O–H groups in total. The molecular weight excluding hydrogens is 372 g/mol. The van der Waals surface area contributed by atoms with Gasteiger partial charge in [-0.3, -0.25) is 4.79 Å². The van der Waals surface area contributed by atoms with E-state index in [-0.39, 0.29) is 11.2 Å². The number of aromatic nitrogens is 3. The van der Waals surface area contributed by atoms with Crippen molar-refractivity contribution in [2.75, 3.05) is 7.11 Å². The lowest BCUT2D eigenvalue weighted by Gasteiger charge is -2.13. The first-order valence-corrected chi connectivity index (χ1v) is 10.1. The van der Waals surface area contributed by atoms with Crippen molar-refractivity contribution in [3.63, 3.8) is 0 Å². The third-order valence-electron chi connectivity index (χ3n) is 4.34. The second-order valence-electron chi connectivity index (χ2n) is 6.21. The highest BCUT2D eigenvalue weighted by atomic mass is 32.2. The molecule has 1 heterocycles. The second kappa shape index (κ2) is 9.41. The fourth-order valence-electron chi connectivity index (χ4n) is 2.83. The number of benzene rings is 2. The van der Waals surface area contributed by atoms with Gasteiger partial charge in [0.15, 0.2) is 11.0 Å². The van der Waals surface area contributed by atoms with Crippen molar-refractivity contribution in [3.05, 3.63) is 60.2 Å². The predicted molar refractivity (Wildman–Crippen MR) is 111 cm³/mol. The maximum absolute atomic E-state index is 12.5. The highest BCUT2D eigenvalue weighted by Crippen LogP contribution is 2.31. The summed E-state index contributed by atoms with van der Waals surface area (Å²) in [5.74, 6) is 1.45. The van der Waals surface area contributed by atoms with E-state index in [0.717, 1.165) is 22.7 Å². The van der Waals surface area contributed by atoms with Crippen LogP contribution in [0.5, 0.6) is 5.75 Å². The molecule has 0 radical (unpaired) electrons. The number of carbonyl (C=O) groups is 1. The van der Waals surface area contributed by atoms with Gasteiger partial charge in [0.2, 0.25) is 5.91 Å². The standard InChI is InChI=1S/C21H24N4O2S/c1-4-25-19(17-12-8-9-13-18(17)27-3)23-24-21(25)28-15(2)20(26)22-14-16-10-6-5-7-11-16/h5-13,15H,4,14H2,1-3H3,(H,22,26). The fraction of sp³-hybridized carbons (Fsp3) is 0.286. The summed E-state index contributed by atoms with van der Waals surface area (Å²) < 4.78 is 7.45. The Morgan fingerprint density at radius 3 is 2.57 bits per heavy atom. The molecule has 0 bridgehead atoms. The number of amides is 1. The van der Waals surface area contributed by atoms with Crippen LogP contribution >= 0.6 is 11.8 Å². The van der Waals surface area contributed by atoms with Gasteiger partial charge in [-0.25, -0.2) is 0 Å². The van der Waals surface area contributed by atoms with Crippen LogP contribution in [0, 0.1) is 0 Å². The molecule has 6 nitrogen and oxygen atoms in total. The minimum absolute atomic E-state index is 0.0293. The minimum Gasteiger partial charge on any atom is -0.496 e. The van der Waals surface area contributed by atoms with E-state index >= 15 is 0 Å². The molecule has 0 aliphatic carbocycles. The number of thioether (sulfide) groups is 1. The SMILES string of the molecule is CCn1c(SC(C)C(=O)NCc2ccccc2)nnc1-c1ccccc1OC. The summed E-state index contributed by atoms with van der Waals surface area (Å²) in [6.45, 7) is 5.12.